The second kappa shape index (κ2) is 7.47. The lowest BCUT2D eigenvalue weighted by atomic mass is 10.3. The van der Waals surface area contributed by atoms with E-state index in [-0.39, 0.29) is 25.4 Å². The lowest BCUT2D eigenvalue weighted by Crippen LogP contribution is -2.16. The number of rotatable bonds is 8. The average molecular weight is 254 g/mol. The van der Waals surface area contributed by atoms with E-state index in [1.54, 1.807) is 19.3 Å². The molecule has 0 radical (unpaired) electrons. The van der Waals surface area contributed by atoms with Crippen LogP contribution in [0.2, 0.25) is 0 Å². The van der Waals surface area contributed by atoms with Gasteiger partial charge in [0.2, 0.25) is 0 Å². The van der Waals surface area contributed by atoms with E-state index in [4.69, 9.17) is 9.47 Å². The van der Waals surface area contributed by atoms with Crippen LogP contribution in [0.4, 0.5) is 0 Å². The summed E-state index contributed by atoms with van der Waals surface area (Å²) in [5, 5.41) is 3.98. The van der Waals surface area contributed by atoms with Gasteiger partial charge in [-0.05, 0) is 13.3 Å². The van der Waals surface area contributed by atoms with Gasteiger partial charge < -0.3 is 9.47 Å². The monoisotopic (exact) mass is 254 g/mol. The van der Waals surface area contributed by atoms with Gasteiger partial charge in [-0.2, -0.15) is 5.10 Å². The molecule has 0 aliphatic rings. The summed E-state index contributed by atoms with van der Waals surface area (Å²) in [5.41, 5.74) is 0. The first-order valence-corrected chi connectivity index (χ1v) is 5.98. The molecule has 1 rings (SSSR count). The summed E-state index contributed by atoms with van der Waals surface area (Å²) in [6.07, 6.45) is 3.87. The topological polar surface area (TPSA) is 70.4 Å². The van der Waals surface area contributed by atoms with E-state index in [0.29, 0.717) is 12.4 Å². The third-order valence-electron chi connectivity index (χ3n) is 2.07. The fourth-order valence-corrected chi connectivity index (χ4v) is 1.34. The van der Waals surface area contributed by atoms with Crippen molar-refractivity contribution in [3.05, 3.63) is 12.4 Å². The minimum atomic E-state index is -0.503. The molecule has 100 valence electrons. The summed E-state index contributed by atoms with van der Waals surface area (Å²) in [5.74, 6) is -0.114. The van der Waals surface area contributed by atoms with Gasteiger partial charge in [0, 0.05) is 0 Å². The molecule has 0 atom stereocenters. The number of carbonyl (C=O) groups excluding carboxylic acids is 2. The quantitative estimate of drug-likeness (QED) is 0.515. The molecule has 1 aromatic heterocycles. The first-order chi connectivity index (χ1) is 8.65. The summed E-state index contributed by atoms with van der Waals surface area (Å²) in [6.45, 7) is 4.65. The van der Waals surface area contributed by atoms with Gasteiger partial charge in [0.25, 0.3) is 0 Å². The van der Waals surface area contributed by atoms with Crippen molar-refractivity contribution in [3.63, 3.8) is 0 Å². The first-order valence-electron chi connectivity index (χ1n) is 5.98. The highest BCUT2D eigenvalue weighted by Gasteiger charge is 2.11. The van der Waals surface area contributed by atoms with Crippen molar-refractivity contribution in [2.24, 2.45) is 0 Å². The molecule has 6 nitrogen and oxygen atoms in total. The van der Waals surface area contributed by atoms with Crippen LogP contribution in [-0.2, 0) is 20.9 Å². The van der Waals surface area contributed by atoms with Crippen LogP contribution in [0.5, 0.6) is 5.75 Å². The molecule has 0 aliphatic carbocycles. The van der Waals surface area contributed by atoms with Crippen molar-refractivity contribution in [1.29, 1.82) is 0 Å². The van der Waals surface area contributed by atoms with Crippen LogP contribution in [-0.4, -0.2) is 34.7 Å². The Labute approximate surface area is 106 Å². The van der Waals surface area contributed by atoms with Crippen LogP contribution in [0.3, 0.4) is 0 Å². The molecule has 1 aromatic rings. The van der Waals surface area contributed by atoms with Gasteiger partial charge in [-0.15, -0.1) is 0 Å². The third-order valence-corrected chi connectivity index (χ3v) is 2.07. The zero-order chi connectivity index (χ0) is 13.4. The summed E-state index contributed by atoms with van der Waals surface area (Å²) < 4.78 is 11.5. The molecule has 0 unspecified atom stereocenters. The van der Waals surface area contributed by atoms with Gasteiger partial charge >= 0.3 is 5.97 Å². The van der Waals surface area contributed by atoms with Crippen LogP contribution >= 0.6 is 0 Å². The van der Waals surface area contributed by atoms with Gasteiger partial charge in [0.15, 0.2) is 11.5 Å². The minimum absolute atomic E-state index is 0.0499. The molecule has 6 heteroatoms. The van der Waals surface area contributed by atoms with E-state index >= 15 is 0 Å². The molecule has 0 fully saturated rings. The minimum Gasteiger partial charge on any atom is -0.490 e. The number of aromatic nitrogens is 2. The van der Waals surface area contributed by atoms with E-state index in [1.807, 2.05) is 6.92 Å². The van der Waals surface area contributed by atoms with Gasteiger partial charge in [-0.3, -0.25) is 14.3 Å². The smallest absolute Gasteiger partial charge is 0.313 e. The Bertz CT molecular complexity index is 401. The second-order valence-electron chi connectivity index (χ2n) is 3.74. The highest BCUT2D eigenvalue weighted by Crippen LogP contribution is 2.08. The number of hydrogen-bond donors (Lipinski definition) is 0. The van der Waals surface area contributed by atoms with Gasteiger partial charge in [-0.1, -0.05) is 6.92 Å². The van der Waals surface area contributed by atoms with Crippen LogP contribution < -0.4 is 4.74 Å². The van der Waals surface area contributed by atoms with E-state index in [0.717, 1.165) is 6.42 Å². The van der Waals surface area contributed by atoms with Gasteiger partial charge in [0.1, 0.15) is 13.0 Å². The van der Waals surface area contributed by atoms with Crippen LogP contribution in [0.25, 0.3) is 0 Å². The molecule has 0 spiro atoms. The second-order valence-corrected chi connectivity index (χ2v) is 3.74. The lowest BCUT2D eigenvalue weighted by molar-refractivity contribution is -0.145. The van der Waals surface area contributed by atoms with E-state index in [2.05, 4.69) is 5.10 Å². The maximum Gasteiger partial charge on any atom is 0.313 e. The van der Waals surface area contributed by atoms with Crippen molar-refractivity contribution in [2.75, 3.05) is 13.2 Å². The Morgan fingerprint density at radius 3 is 2.83 bits per heavy atom. The number of Topliss-reactive ketones (excluding diaryl/α,β-unsaturated/α-hetero) is 1. The molecule has 1 heterocycles. The van der Waals surface area contributed by atoms with Crippen molar-refractivity contribution in [1.82, 2.24) is 9.78 Å². The molecular weight excluding hydrogens is 236 g/mol. The summed E-state index contributed by atoms with van der Waals surface area (Å²) in [4.78, 5) is 22.6. The SMILES string of the molecule is CCCOc1cnn(CC(=O)CC(=O)OCC)c1. The Morgan fingerprint density at radius 2 is 2.17 bits per heavy atom. The van der Waals surface area contributed by atoms with E-state index < -0.39 is 5.97 Å². The first kappa shape index (κ1) is 14.2. The predicted molar refractivity (Wildman–Crippen MR) is 64.3 cm³/mol. The maximum absolute atomic E-state index is 11.5. The van der Waals surface area contributed by atoms with Gasteiger partial charge in [-0.25, -0.2) is 0 Å². The zero-order valence-electron chi connectivity index (χ0n) is 10.7. The maximum atomic E-state index is 11.5. The summed E-state index contributed by atoms with van der Waals surface area (Å²) >= 11 is 0. The highest BCUT2D eigenvalue weighted by atomic mass is 16.5. The molecule has 0 saturated heterocycles. The number of ketones is 1. The molecule has 0 bridgehead atoms. The van der Waals surface area contributed by atoms with Crippen LogP contribution in [0.15, 0.2) is 12.4 Å². The van der Waals surface area contributed by atoms with Crippen molar-refractivity contribution in [2.45, 2.75) is 33.2 Å². The fourth-order valence-electron chi connectivity index (χ4n) is 1.34. The number of ether oxygens (including phenoxy) is 2. The molecule has 0 amide bonds. The van der Waals surface area contributed by atoms with Gasteiger partial charge in [0.05, 0.1) is 25.6 Å². The highest BCUT2D eigenvalue weighted by molar-refractivity contribution is 5.95. The number of hydrogen-bond acceptors (Lipinski definition) is 5. The van der Waals surface area contributed by atoms with E-state index in [9.17, 15) is 9.59 Å². The normalized spacial score (nSPS) is 10.1. The largest absolute Gasteiger partial charge is 0.490 e. The standard InChI is InChI=1S/C12H18N2O4/c1-3-5-18-11-7-13-14(9-11)8-10(15)6-12(16)17-4-2/h7,9H,3-6,8H2,1-2H3. The zero-order valence-corrected chi connectivity index (χ0v) is 10.7. The molecule has 18 heavy (non-hydrogen) atoms. The Kier molecular flexibility index (Phi) is 5.90. The molecular formula is C12H18N2O4. The number of nitrogens with zero attached hydrogens (tertiary/aromatic N) is 2. The van der Waals surface area contributed by atoms with Crippen molar-refractivity contribution < 1.29 is 19.1 Å². The number of esters is 1. The molecule has 0 N–H and O–H groups in total. The van der Waals surface area contributed by atoms with Crippen molar-refractivity contribution >= 4 is 11.8 Å². The Balaban J connectivity index is 2.39. The van der Waals surface area contributed by atoms with E-state index in [1.165, 1.54) is 4.68 Å². The van der Waals surface area contributed by atoms with Crippen molar-refractivity contribution in [3.8, 4) is 5.75 Å². The fraction of sp³-hybridized carbons (Fsp3) is 0.583. The summed E-state index contributed by atoms with van der Waals surface area (Å²) in [7, 11) is 0. The summed E-state index contributed by atoms with van der Waals surface area (Å²) in [6, 6.07) is 0. The number of carbonyl (C=O) groups is 2. The molecule has 0 saturated carbocycles. The Hall–Kier alpha value is -1.85. The third kappa shape index (κ3) is 4.99. The molecule has 0 aliphatic heterocycles. The molecule has 0 aromatic carbocycles. The lowest BCUT2D eigenvalue weighted by Gasteiger charge is -2.02. The Morgan fingerprint density at radius 1 is 1.39 bits per heavy atom. The van der Waals surface area contributed by atoms with Crippen LogP contribution in [0, 0.1) is 0 Å². The average Bonchev–Trinajstić information content (AvgIpc) is 2.74. The predicted octanol–water partition coefficient (Wildman–Crippen LogP) is 1.19. The van der Waals surface area contributed by atoms with Crippen LogP contribution in [0.1, 0.15) is 26.7 Å².